The van der Waals surface area contributed by atoms with Gasteiger partial charge >= 0.3 is 0 Å². The van der Waals surface area contributed by atoms with Crippen molar-refractivity contribution in [1.82, 2.24) is 4.98 Å². The van der Waals surface area contributed by atoms with Crippen LogP contribution >= 0.6 is 24.0 Å². The maximum absolute atomic E-state index is 13.4. The average molecular weight is 452 g/mol. The van der Waals surface area contributed by atoms with Gasteiger partial charge in [0.05, 0.1) is 0 Å². The fourth-order valence-electron chi connectivity index (χ4n) is 2.67. The summed E-state index contributed by atoms with van der Waals surface area (Å²) in [6, 6.07) is 12.8. The molecule has 0 fully saturated rings. The van der Waals surface area contributed by atoms with Crippen LogP contribution in [0.5, 0.6) is 0 Å². The molecule has 0 aliphatic carbocycles. The number of aromatic nitrogens is 1. The molecule has 0 saturated heterocycles. The second-order valence-electron chi connectivity index (χ2n) is 5.70. The molecule has 0 spiro atoms. The van der Waals surface area contributed by atoms with Gasteiger partial charge in [0.1, 0.15) is 5.82 Å². The zero-order valence-electron chi connectivity index (χ0n) is 14.1. The van der Waals surface area contributed by atoms with Crippen LogP contribution < -0.4 is 11.1 Å². The number of benzene rings is 2. The molecular weight excluding hydrogens is 430 g/mol. The van der Waals surface area contributed by atoms with Crippen molar-refractivity contribution in [3.8, 4) is 0 Å². The second kappa shape index (κ2) is 8.84. The third kappa shape index (κ3) is 4.94. The molecule has 3 rings (SSSR count). The Hall–Kier alpha value is -2.09. The molecule has 2 aromatic carbocycles. The molecule has 0 aliphatic rings. The summed E-state index contributed by atoms with van der Waals surface area (Å²) in [6.07, 6.45) is 3.60. The van der Waals surface area contributed by atoms with Crippen LogP contribution in [0.4, 0.5) is 10.1 Å². The first kappa shape index (κ1) is 19.2. The third-order valence-electron chi connectivity index (χ3n) is 4.03. The van der Waals surface area contributed by atoms with Crippen LogP contribution in [0.15, 0.2) is 53.7 Å². The topological polar surface area (TPSA) is 66.2 Å². The summed E-state index contributed by atoms with van der Waals surface area (Å²) < 4.78 is 13.4. The van der Waals surface area contributed by atoms with Crippen molar-refractivity contribution < 1.29 is 4.39 Å². The van der Waals surface area contributed by atoms with E-state index in [0.29, 0.717) is 18.9 Å². The van der Waals surface area contributed by atoms with Crippen molar-refractivity contribution in [1.29, 1.82) is 0 Å². The Labute approximate surface area is 163 Å². The summed E-state index contributed by atoms with van der Waals surface area (Å²) in [6.45, 7) is 2.66. The zero-order chi connectivity index (χ0) is 16.9. The fourth-order valence-corrected chi connectivity index (χ4v) is 2.67. The first-order valence-electron chi connectivity index (χ1n) is 8.07. The quantitative estimate of drug-likeness (QED) is 0.304. The van der Waals surface area contributed by atoms with E-state index >= 15 is 0 Å². The predicted molar refractivity (Wildman–Crippen MR) is 113 cm³/mol. The number of nitrogens with two attached hydrogens (primary N) is 1. The van der Waals surface area contributed by atoms with Crippen molar-refractivity contribution in [3.05, 3.63) is 65.6 Å². The van der Waals surface area contributed by atoms with Gasteiger partial charge in [0.2, 0.25) is 0 Å². The van der Waals surface area contributed by atoms with Crippen LogP contribution in [0.1, 0.15) is 18.1 Å². The van der Waals surface area contributed by atoms with Crippen LogP contribution in [-0.4, -0.2) is 17.5 Å². The lowest BCUT2D eigenvalue weighted by Gasteiger charge is -2.06. The number of nitrogens with one attached hydrogen (secondary N) is 2. The number of H-pyrrole nitrogens is 1. The minimum absolute atomic E-state index is 0. The van der Waals surface area contributed by atoms with Gasteiger partial charge in [-0.05, 0) is 54.3 Å². The van der Waals surface area contributed by atoms with Crippen molar-refractivity contribution in [2.24, 2.45) is 10.7 Å². The van der Waals surface area contributed by atoms with E-state index in [1.54, 1.807) is 12.1 Å². The first-order chi connectivity index (χ1) is 11.7. The Kier molecular flexibility index (Phi) is 6.81. The molecule has 0 unspecified atom stereocenters. The molecule has 0 radical (unpaired) electrons. The normalized spacial score (nSPS) is 11.4. The summed E-state index contributed by atoms with van der Waals surface area (Å²) >= 11 is 0. The van der Waals surface area contributed by atoms with Gasteiger partial charge in [-0.15, -0.1) is 24.0 Å². The minimum Gasteiger partial charge on any atom is -0.370 e. The van der Waals surface area contributed by atoms with Gasteiger partial charge < -0.3 is 16.0 Å². The van der Waals surface area contributed by atoms with E-state index in [0.717, 1.165) is 28.6 Å². The summed E-state index contributed by atoms with van der Waals surface area (Å²) in [5.41, 5.74) is 10.1. The number of rotatable bonds is 5. The number of anilines is 1. The largest absolute Gasteiger partial charge is 0.370 e. The standard InChI is InChI=1S/C19H21FN4.HI/c1-2-13-3-6-16(7-4-13)24-19(21)22-10-9-14-12-23-18-8-5-15(20)11-17(14)18;/h3-8,11-12,23H,2,9-10H2,1H3,(H3,21,22,24);1H. The minimum atomic E-state index is -0.233. The Bertz CT molecular complexity index is 855. The molecule has 0 amide bonds. The van der Waals surface area contributed by atoms with Gasteiger partial charge in [0.25, 0.3) is 0 Å². The van der Waals surface area contributed by atoms with E-state index in [1.807, 2.05) is 18.3 Å². The summed E-state index contributed by atoms with van der Waals surface area (Å²) in [5.74, 6) is 0.147. The fraction of sp³-hybridized carbons (Fsp3) is 0.211. The number of aliphatic imine (C=N–C) groups is 1. The van der Waals surface area contributed by atoms with E-state index in [9.17, 15) is 4.39 Å². The van der Waals surface area contributed by atoms with Gasteiger partial charge in [-0.1, -0.05) is 19.1 Å². The number of fused-ring (bicyclic) bond motifs is 1. The van der Waals surface area contributed by atoms with Crippen molar-refractivity contribution in [2.75, 3.05) is 11.9 Å². The smallest absolute Gasteiger partial charge is 0.193 e. The van der Waals surface area contributed by atoms with Gasteiger partial charge in [-0.2, -0.15) is 0 Å². The van der Waals surface area contributed by atoms with Gasteiger partial charge in [-0.3, -0.25) is 4.99 Å². The highest BCUT2D eigenvalue weighted by molar-refractivity contribution is 14.0. The van der Waals surface area contributed by atoms with Crippen molar-refractivity contribution in [3.63, 3.8) is 0 Å². The van der Waals surface area contributed by atoms with Crippen molar-refractivity contribution in [2.45, 2.75) is 19.8 Å². The molecule has 132 valence electrons. The molecule has 3 aromatic rings. The summed E-state index contributed by atoms with van der Waals surface area (Å²) in [4.78, 5) is 7.48. The number of nitrogens with zero attached hydrogens (tertiary/aromatic N) is 1. The van der Waals surface area contributed by atoms with E-state index < -0.39 is 0 Å². The molecule has 6 heteroatoms. The van der Waals surface area contributed by atoms with Gasteiger partial charge in [-0.25, -0.2) is 4.39 Å². The molecule has 0 bridgehead atoms. The van der Waals surface area contributed by atoms with E-state index in [-0.39, 0.29) is 29.8 Å². The van der Waals surface area contributed by atoms with Crippen LogP contribution in [0.3, 0.4) is 0 Å². The summed E-state index contributed by atoms with van der Waals surface area (Å²) in [7, 11) is 0. The predicted octanol–water partition coefficient (Wildman–Crippen LogP) is 4.46. The molecule has 4 nitrogen and oxygen atoms in total. The van der Waals surface area contributed by atoms with Crippen LogP contribution in [0.25, 0.3) is 10.9 Å². The highest BCUT2D eigenvalue weighted by Gasteiger charge is 2.04. The van der Waals surface area contributed by atoms with Crippen molar-refractivity contribution >= 4 is 46.5 Å². The highest BCUT2D eigenvalue weighted by atomic mass is 127. The average Bonchev–Trinajstić information content (AvgIpc) is 2.98. The number of aryl methyl sites for hydroxylation is 1. The molecule has 1 aromatic heterocycles. The number of hydrogen-bond donors (Lipinski definition) is 3. The van der Waals surface area contributed by atoms with Crippen LogP contribution in [0, 0.1) is 5.82 Å². The third-order valence-corrected chi connectivity index (χ3v) is 4.03. The lowest BCUT2D eigenvalue weighted by atomic mass is 10.1. The number of aromatic amines is 1. The zero-order valence-corrected chi connectivity index (χ0v) is 16.4. The number of guanidine groups is 1. The molecule has 1 heterocycles. The van der Waals surface area contributed by atoms with Crippen LogP contribution in [-0.2, 0) is 12.8 Å². The van der Waals surface area contributed by atoms with Gasteiger partial charge in [0, 0.05) is 29.3 Å². The van der Waals surface area contributed by atoms with E-state index in [4.69, 9.17) is 5.73 Å². The van der Waals surface area contributed by atoms with E-state index in [1.165, 1.54) is 11.6 Å². The molecule has 0 saturated carbocycles. The Morgan fingerprint density at radius 2 is 1.96 bits per heavy atom. The van der Waals surface area contributed by atoms with E-state index in [2.05, 4.69) is 34.3 Å². The first-order valence-corrected chi connectivity index (χ1v) is 8.07. The lowest BCUT2D eigenvalue weighted by molar-refractivity contribution is 0.629. The Morgan fingerprint density at radius 3 is 2.68 bits per heavy atom. The summed E-state index contributed by atoms with van der Waals surface area (Å²) in [5, 5.41) is 3.97. The monoisotopic (exact) mass is 452 g/mol. The maximum Gasteiger partial charge on any atom is 0.193 e. The Balaban J connectivity index is 0.00000225. The molecule has 4 N–H and O–H groups in total. The molecule has 25 heavy (non-hydrogen) atoms. The SMILES string of the molecule is CCc1ccc(NC(N)=NCCc2c[nH]c3ccc(F)cc23)cc1.I. The Morgan fingerprint density at radius 1 is 1.20 bits per heavy atom. The molecular formula is C19H22FIN4. The molecule has 0 aliphatic heterocycles. The molecule has 0 atom stereocenters. The highest BCUT2D eigenvalue weighted by Crippen LogP contribution is 2.19. The van der Waals surface area contributed by atoms with Gasteiger partial charge in [0.15, 0.2) is 5.96 Å². The number of halogens is 2. The second-order valence-corrected chi connectivity index (χ2v) is 5.70. The lowest BCUT2D eigenvalue weighted by Crippen LogP contribution is -2.23. The van der Waals surface area contributed by atoms with Crippen LogP contribution in [0.2, 0.25) is 0 Å². The number of hydrogen-bond acceptors (Lipinski definition) is 1. The maximum atomic E-state index is 13.4.